The second kappa shape index (κ2) is 19.7. The summed E-state index contributed by atoms with van der Waals surface area (Å²) in [5.41, 5.74) is 0. The molecule has 41 heavy (non-hydrogen) atoms. The van der Waals surface area contributed by atoms with Gasteiger partial charge in [-0.25, -0.2) is 4.79 Å². The minimum Gasteiger partial charge on any atom is -0.460 e. The average Bonchev–Trinajstić information content (AvgIpc) is 2.94. The summed E-state index contributed by atoms with van der Waals surface area (Å²) in [5, 5.41) is 50.4. The summed E-state index contributed by atoms with van der Waals surface area (Å²) in [4.78, 5) is 12.1. The fraction of sp³-hybridized carbons (Fsp3) is 0.581. The fourth-order valence-electron chi connectivity index (χ4n) is 4.26. The second-order valence-corrected chi connectivity index (χ2v) is 10.1. The molecule has 2 rings (SSSR count). The quantitative estimate of drug-likeness (QED) is 0.314. The van der Waals surface area contributed by atoms with Crippen molar-refractivity contribution in [1.29, 1.82) is 0 Å². The molecule has 0 aromatic carbocycles. The second-order valence-electron chi connectivity index (χ2n) is 10.1. The molecule has 0 aromatic heterocycles. The Balaban J connectivity index is 2.14. The highest BCUT2D eigenvalue weighted by Gasteiger charge is 2.44. The van der Waals surface area contributed by atoms with Crippen molar-refractivity contribution in [3.63, 3.8) is 0 Å². The topological polar surface area (TPSA) is 155 Å². The maximum absolute atomic E-state index is 12.1. The predicted octanol–water partition coefficient (Wildman–Crippen LogP) is 2.17. The van der Waals surface area contributed by atoms with Crippen molar-refractivity contribution < 1.29 is 49.3 Å². The predicted molar refractivity (Wildman–Crippen MR) is 154 cm³/mol. The molecule has 0 saturated carbocycles. The monoisotopic (exact) mass is 578 g/mol. The highest BCUT2D eigenvalue weighted by atomic mass is 16.7. The zero-order valence-electron chi connectivity index (χ0n) is 23.9. The average molecular weight is 579 g/mol. The smallest absolute Gasteiger partial charge is 0.331 e. The minimum absolute atomic E-state index is 0.223. The number of ether oxygens (including phenoxy) is 4. The third-order valence-corrected chi connectivity index (χ3v) is 6.67. The number of cyclic esters (lactones) is 1. The Morgan fingerprint density at radius 2 is 1.56 bits per heavy atom. The van der Waals surface area contributed by atoms with Crippen LogP contribution in [0.3, 0.4) is 0 Å². The van der Waals surface area contributed by atoms with E-state index in [2.05, 4.69) is 0 Å². The highest BCUT2D eigenvalue weighted by molar-refractivity contribution is 5.82. The molecule has 0 unspecified atom stereocenters. The number of hydrogen-bond donors (Lipinski definition) is 5. The van der Waals surface area contributed by atoms with Crippen LogP contribution in [0.15, 0.2) is 72.9 Å². The van der Waals surface area contributed by atoms with Gasteiger partial charge in [0.1, 0.15) is 24.4 Å². The number of aliphatic hydroxyl groups excluding tert-OH is 5. The first-order chi connectivity index (χ1) is 19.7. The van der Waals surface area contributed by atoms with Gasteiger partial charge in [0.15, 0.2) is 6.29 Å². The summed E-state index contributed by atoms with van der Waals surface area (Å²) < 4.78 is 22.2. The van der Waals surface area contributed by atoms with E-state index in [1.807, 2.05) is 37.3 Å². The number of methoxy groups -OCH3 is 1. The van der Waals surface area contributed by atoms with Crippen LogP contribution in [0.25, 0.3) is 0 Å². The first kappa shape index (κ1) is 34.8. The molecule has 0 amide bonds. The molecule has 0 radical (unpaired) electrons. The normalized spacial score (nSPS) is 39.9. The Labute approximate surface area is 242 Å². The summed E-state index contributed by atoms with van der Waals surface area (Å²) in [6, 6.07) is 0. The summed E-state index contributed by atoms with van der Waals surface area (Å²) in [5.74, 6) is -0.443. The van der Waals surface area contributed by atoms with Crippen molar-refractivity contribution in [1.82, 2.24) is 0 Å². The van der Waals surface area contributed by atoms with Crippen LogP contribution < -0.4 is 0 Å². The van der Waals surface area contributed by atoms with Crippen molar-refractivity contribution in [2.75, 3.05) is 13.7 Å². The molecule has 10 heteroatoms. The van der Waals surface area contributed by atoms with Crippen LogP contribution in [-0.4, -0.2) is 100 Å². The highest BCUT2D eigenvalue weighted by Crippen LogP contribution is 2.24. The van der Waals surface area contributed by atoms with Crippen molar-refractivity contribution in [3.8, 4) is 0 Å². The largest absolute Gasteiger partial charge is 0.460 e. The lowest BCUT2D eigenvalue weighted by atomic mass is 9.99. The van der Waals surface area contributed by atoms with Gasteiger partial charge < -0.3 is 44.5 Å². The number of carbonyl (C=O) groups excluding carboxylic acids is 1. The van der Waals surface area contributed by atoms with Crippen LogP contribution in [0.1, 0.15) is 45.4 Å². The number of aliphatic hydroxyl groups is 5. The van der Waals surface area contributed by atoms with Crippen LogP contribution in [0, 0.1) is 0 Å². The van der Waals surface area contributed by atoms with Crippen LogP contribution in [0.4, 0.5) is 0 Å². The molecule has 1 fully saturated rings. The van der Waals surface area contributed by atoms with Gasteiger partial charge in [0.2, 0.25) is 0 Å². The van der Waals surface area contributed by atoms with E-state index in [1.165, 1.54) is 6.08 Å². The lowest BCUT2D eigenvalue weighted by molar-refractivity contribution is -0.307. The third-order valence-electron chi connectivity index (χ3n) is 6.67. The van der Waals surface area contributed by atoms with Gasteiger partial charge in [-0.15, -0.1) is 0 Å². The molecule has 9 atom stereocenters. The standard InChI is InChI=1S/C31H46O10/c1-22-14-8-4-3-5-10-18-25(38-2)20-23(33)15-9-6-11-16-24(17-12-7-13-19-27(34)39-22)40-31-30(37)29(36)28(35)26(21-32)41-31/h3,5-7,9-13,16,18-19,22-26,28-33,35-37H,4,8,14-15,17,20-21H2,1-2H3/b5-3-,9-6-,12-7-,16-11-,18-10-,19-13-/t22-,23+,24-,25+,26+,28+,29-,30+,31+/m1/s1. The molecule has 5 N–H and O–H groups in total. The maximum atomic E-state index is 12.1. The van der Waals surface area contributed by atoms with Gasteiger partial charge in [-0.05, 0) is 39.0 Å². The number of rotatable bonds is 4. The lowest BCUT2D eigenvalue weighted by Crippen LogP contribution is -2.59. The number of hydrogen-bond acceptors (Lipinski definition) is 10. The number of esters is 1. The van der Waals surface area contributed by atoms with E-state index >= 15 is 0 Å². The summed E-state index contributed by atoms with van der Waals surface area (Å²) in [7, 11) is 1.60. The molecule has 0 aromatic rings. The van der Waals surface area contributed by atoms with Gasteiger partial charge >= 0.3 is 5.97 Å². The van der Waals surface area contributed by atoms with Crippen LogP contribution in [0.2, 0.25) is 0 Å². The SMILES string of the molecule is CO[C@H]1/C=C\C=C/CCC[C@@H](C)OC(=O)/C=C\C=C/C[C@H](O[C@H]2O[C@@H](CO)[C@H](O)[C@@H](O)[C@@H]2O)/C=C\C=C/C[C@H](O)C1. The molecule has 0 spiro atoms. The first-order valence-corrected chi connectivity index (χ1v) is 14.1. The molecule has 2 aliphatic rings. The minimum atomic E-state index is -1.56. The molecule has 0 bridgehead atoms. The molecule has 2 aliphatic heterocycles. The van der Waals surface area contributed by atoms with Gasteiger partial charge in [-0.1, -0.05) is 66.8 Å². The lowest BCUT2D eigenvalue weighted by Gasteiger charge is -2.40. The summed E-state index contributed by atoms with van der Waals surface area (Å²) in [6.07, 6.45) is 16.0. The number of carbonyl (C=O) groups is 1. The van der Waals surface area contributed by atoms with Crippen LogP contribution in [0.5, 0.6) is 0 Å². The summed E-state index contributed by atoms with van der Waals surface area (Å²) >= 11 is 0. The zero-order valence-corrected chi connectivity index (χ0v) is 23.9. The molecular formula is C31H46O10. The van der Waals surface area contributed by atoms with Crippen molar-refractivity contribution >= 4 is 5.97 Å². The van der Waals surface area contributed by atoms with E-state index < -0.39 is 55.5 Å². The molecule has 0 aliphatic carbocycles. The fourth-order valence-corrected chi connectivity index (χ4v) is 4.26. The Morgan fingerprint density at radius 1 is 0.878 bits per heavy atom. The van der Waals surface area contributed by atoms with Crippen molar-refractivity contribution in [2.24, 2.45) is 0 Å². The molecule has 230 valence electrons. The van der Waals surface area contributed by atoms with E-state index in [4.69, 9.17) is 18.9 Å². The maximum Gasteiger partial charge on any atom is 0.331 e. The van der Waals surface area contributed by atoms with Gasteiger partial charge in [0, 0.05) is 19.6 Å². The Bertz CT molecular complexity index is 922. The van der Waals surface area contributed by atoms with E-state index in [0.29, 0.717) is 19.3 Å². The zero-order chi connectivity index (χ0) is 30.0. The number of allylic oxidation sites excluding steroid dienone is 7. The Morgan fingerprint density at radius 3 is 2.29 bits per heavy atom. The van der Waals surface area contributed by atoms with Gasteiger partial charge in [0.05, 0.1) is 31.0 Å². The van der Waals surface area contributed by atoms with Gasteiger partial charge in [-0.2, -0.15) is 0 Å². The van der Waals surface area contributed by atoms with E-state index in [1.54, 1.807) is 43.6 Å². The van der Waals surface area contributed by atoms with E-state index in [9.17, 15) is 30.3 Å². The Kier molecular flexibility index (Phi) is 16.7. The first-order valence-electron chi connectivity index (χ1n) is 14.1. The van der Waals surface area contributed by atoms with Crippen LogP contribution >= 0.6 is 0 Å². The van der Waals surface area contributed by atoms with Gasteiger partial charge in [0.25, 0.3) is 0 Å². The van der Waals surface area contributed by atoms with E-state index in [0.717, 1.165) is 19.3 Å². The molecule has 10 nitrogen and oxygen atoms in total. The van der Waals surface area contributed by atoms with E-state index in [-0.39, 0.29) is 12.2 Å². The van der Waals surface area contributed by atoms with Gasteiger partial charge in [-0.3, -0.25) is 0 Å². The summed E-state index contributed by atoms with van der Waals surface area (Å²) in [6.45, 7) is 1.29. The van der Waals surface area contributed by atoms with Crippen molar-refractivity contribution in [3.05, 3.63) is 72.9 Å². The van der Waals surface area contributed by atoms with Crippen molar-refractivity contribution in [2.45, 2.75) is 101 Å². The van der Waals surface area contributed by atoms with Crippen LogP contribution in [-0.2, 0) is 23.7 Å². The molecule has 1 saturated heterocycles. The Hall–Kier alpha value is -2.41. The molecule has 2 heterocycles. The molecular weight excluding hydrogens is 532 g/mol. The third kappa shape index (κ3) is 13.4.